The minimum absolute atomic E-state index is 0.0597. The van der Waals surface area contributed by atoms with Gasteiger partial charge in [-0.3, -0.25) is 9.59 Å². The average Bonchev–Trinajstić information content (AvgIpc) is 2.90. The minimum atomic E-state index is -0.791. The lowest BCUT2D eigenvalue weighted by molar-refractivity contribution is -0.141. The van der Waals surface area contributed by atoms with Gasteiger partial charge in [0.05, 0.1) is 11.6 Å². The molecule has 4 nitrogen and oxygen atoms in total. The number of rotatable bonds is 5. The second kappa shape index (κ2) is 6.98. The van der Waals surface area contributed by atoms with Crippen LogP contribution < -0.4 is 5.32 Å². The fourth-order valence-corrected chi connectivity index (χ4v) is 3.52. The van der Waals surface area contributed by atoms with Crippen molar-refractivity contribution in [1.29, 1.82) is 0 Å². The third kappa shape index (κ3) is 4.24. The van der Waals surface area contributed by atoms with Crippen LogP contribution in [0.3, 0.4) is 0 Å². The highest BCUT2D eigenvalue weighted by atomic mass is 32.2. The molecule has 0 bridgehead atoms. The van der Waals surface area contributed by atoms with Crippen LogP contribution >= 0.6 is 11.8 Å². The van der Waals surface area contributed by atoms with Crippen molar-refractivity contribution in [2.45, 2.75) is 43.3 Å². The van der Waals surface area contributed by atoms with E-state index >= 15 is 0 Å². The van der Waals surface area contributed by atoms with Crippen molar-refractivity contribution in [3.05, 3.63) is 24.3 Å². The number of thioether (sulfide) groups is 1. The lowest BCUT2D eigenvalue weighted by Crippen LogP contribution is -2.22. The van der Waals surface area contributed by atoms with Crippen molar-refractivity contribution in [3.8, 4) is 0 Å². The number of carboxylic acid groups (broad SMARTS) is 1. The third-order valence-corrected chi connectivity index (χ3v) is 4.74. The van der Waals surface area contributed by atoms with E-state index in [2.05, 4.69) is 19.2 Å². The Bertz CT molecular complexity index is 530. The van der Waals surface area contributed by atoms with Crippen LogP contribution in [0.5, 0.6) is 0 Å². The molecule has 0 radical (unpaired) electrons. The van der Waals surface area contributed by atoms with E-state index in [1.807, 2.05) is 24.3 Å². The zero-order valence-corrected chi connectivity index (χ0v) is 13.2. The molecule has 2 rings (SSSR count). The summed E-state index contributed by atoms with van der Waals surface area (Å²) in [6, 6.07) is 7.74. The highest BCUT2D eigenvalue weighted by Crippen LogP contribution is 2.34. The SMILES string of the molecule is CC(C)Sc1ccccc1NC(=O)[C@@H]1CC[C@H](C(=O)O)C1. The number of amides is 1. The molecule has 0 spiro atoms. The first-order valence-electron chi connectivity index (χ1n) is 7.26. The van der Waals surface area contributed by atoms with Gasteiger partial charge < -0.3 is 10.4 Å². The van der Waals surface area contributed by atoms with Crippen molar-refractivity contribution in [3.63, 3.8) is 0 Å². The number of carboxylic acids is 1. The molecule has 0 heterocycles. The van der Waals surface area contributed by atoms with E-state index in [1.54, 1.807) is 11.8 Å². The maximum atomic E-state index is 12.3. The van der Waals surface area contributed by atoms with Gasteiger partial charge in [-0.15, -0.1) is 11.8 Å². The number of hydrogen-bond acceptors (Lipinski definition) is 3. The molecule has 1 saturated carbocycles. The Hall–Kier alpha value is -1.49. The lowest BCUT2D eigenvalue weighted by Gasteiger charge is -2.15. The van der Waals surface area contributed by atoms with E-state index in [4.69, 9.17) is 5.11 Å². The van der Waals surface area contributed by atoms with E-state index in [0.717, 1.165) is 10.6 Å². The predicted molar refractivity (Wildman–Crippen MR) is 84.5 cm³/mol. The van der Waals surface area contributed by atoms with Crippen LogP contribution in [-0.2, 0) is 9.59 Å². The molecule has 1 aliphatic rings. The van der Waals surface area contributed by atoms with Crippen LogP contribution in [0.1, 0.15) is 33.1 Å². The predicted octanol–water partition coefficient (Wildman–Crippen LogP) is 3.63. The summed E-state index contributed by atoms with van der Waals surface area (Å²) in [5.74, 6) is -1.42. The van der Waals surface area contributed by atoms with Crippen LogP contribution in [0.2, 0.25) is 0 Å². The Labute approximate surface area is 129 Å². The molecule has 2 N–H and O–H groups in total. The molecule has 1 aromatic rings. The first-order chi connectivity index (χ1) is 9.97. The van der Waals surface area contributed by atoms with Gasteiger partial charge in [0.1, 0.15) is 0 Å². The quantitative estimate of drug-likeness (QED) is 0.815. The molecule has 2 atom stereocenters. The summed E-state index contributed by atoms with van der Waals surface area (Å²) in [5, 5.41) is 12.4. The zero-order chi connectivity index (χ0) is 15.4. The number of anilines is 1. The van der Waals surface area contributed by atoms with Gasteiger partial charge in [0.2, 0.25) is 5.91 Å². The zero-order valence-electron chi connectivity index (χ0n) is 12.3. The number of benzene rings is 1. The van der Waals surface area contributed by atoms with Crippen molar-refractivity contribution in [2.75, 3.05) is 5.32 Å². The first-order valence-corrected chi connectivity index (χ1v) is 8.14. The molecular weight excluding hydrogens is 286 g/mol. The van der Waals surface area contributed by atoms with Crippen molar-refractivity contribution < 1.29 is 14.7 Å². The van der Waals surface area contributed by atoms with Crippen LogP contribution in [0.4, 0.5) is 5.69 Å². The molecule has 1 aromatic carbocycles. The Balaban J connectivity index is 2.02. The van der Waals surface area contributed by atoms with Gasteiger partial charge in [0, 0.05) is 16.1 Å². The monoisotopic (exact) mass is 307 g/mol. The van der Waals surface area contributed by atoms with E-state index in [1.165, 1.54) is 0 Å². The number of carbonyl (C=O) groups excluding carboxylic acids is 1. The van der Waals surface area contributed by atoms with E-state index in [-0.39, 0.29) is 17.7 Å². The summed E-state index contributed by atoms with van der Waals surface area (Å²) < 4.78 is 0. The molecule has 21 heavy (non-hydrogen) atoms. The van der Waals surface area contributed by atoms with Gasteiger partial charge in [-0.05, 0) is 31.4 Å². The summed E-state index contributed by atoms with van der Waals surface area (Å²) >= 11 is 1.71. The Kier molecular flexibility index (Phi) is 5.28. The van der Waals surface area contributed by atoms with Gasteiger partial charge in [-0.25, -0.2) is 0 Å². The summed E-state index contributed by atoms with van der Waals surface area (Å²) in [6.07, 6.45) is 1.69. The molecule has 1 aliphatic carbocycles. The Morgan fingerprint density at radius 1 is 1.24 bits per heavy atom. The summed E-state index contributed by atoms with van der Waals surface area (Å²) in [7, 11) is 0. The van der Waals surface area contributed by atoms with Crippen LogP contribution in [0.25, 0.3) is 0 Å². The third-order valence-electron chi connectivity index (χ3n) is 3.66. The molecule has 1 fully saturated rings. The number of nitrogens with one attached hydrogen (secondary N) is 1. The van der Waals surface area contributed by atoms with Crippen LogP contribution in [0, 0.1) is 11.8 Å². The summed E-state index contributed by atoms with van der Waals surface area (Å²) in [6.45, 7) is 4.22. The number of para-hydroxylation sites is 1. The molecule has 114 valence electrons. The maximum Gasteiger partial charge on any atom is 0.306 e. The maximum absolute atomic E-state index is 12.3. The first kappa shape index (κ1) is 15.9. The summed E-state index contributed by atoms with van der Waals surface area (Å²) in [5.41, 5.74) is 0.819. The lowest BCUT2D eigenvalue weighted by atomic mass is 10.0. The number of hydrogen-bond donors (Lipinski definition) is 2. The molecule has 0 aliphatic heterocycles. The van der Waals surface area contributed by atoms with E-state index < -0.39 is 5.97 Å². The smallest absolute Gasteiger partial charge is 0.306 e. The minimum Gasteiger partial charge on any atom is -0.481 e. The second-order valence-electron chi connectivity index (χ2n) is 5.70. The molecule has 0 saturated heterocycles. The highest BCUT2D eigenvalue weighted by molar-refractivity contribution is 8.00. The molecular formula is C16H21NO3S. The average molecular weight is 307 g/mol. The van der Waals surface area contributed by atoms with Crippen molar-refractivity contribution >= 4 is 29.3 Å². The van der Waals surface area contributed by atoms with E-state index in [9.17, 15) is 9.59 Å². The van der Waals surface area contributed by atoms with Gasteiger partial charge in [0.25, 0.3) is 0 Å². The standard InChI is InChI=1S/C16H21NO3S/c1-10(2)21-14-6-4-3-5-13(14)17-15(18)11-7-8-12(9-11)16(19)20/h3-6,10-12H,7-9H2,1-2H3,(H,17,18)(H,19,20)/t11-,12+/m1/s1. The van der Waals surface area contributed by atoms with Gasteiger partial charge in [-0.1, -0.05) is 26.0 Å². The topological polar surface area (TPSA) is 66.4 Å². The van der Waals surface area contributed by atoms with Gasteiger partial charge in [0.15, 0.2) is 0 Å². The number of aliphatic carboxylic acids is 1. The molecule has 1 amide bonds. The molecule has 5 heteroatoms. The van der Waals surface area contributed by atoms with Crippen LogP contribution in [-0.4, -0.2) is 22.2 Å². The van der Waals surface area contributed by atoms with Gasteiger partial charge in [-0.2, -0.15) is 0 Å². The summed E-state index contributed by atoms with van der Waals surface area (Å²) in [4.78, 5) is 24.3. The Morgan fingerprint density at radius 2 is 1.90 bits per heavy atom. The van der Waals surface area contributed by atoms with Crippen molar-refractivity contribution in [2.24, 2.45) is 11.8 Å². The van der Waals surface area contributed by atoms with Crippen molar-refractivity contribution in [1.82, 2.24) is 0 Å². The molecule has 0 aromatic heterocycles. The van der Waals surface area contributed by atoms with E-state index in [0.29, 0.717) is 24.5 Å². The highest BCUT2D eigenvalue weighted by Gasteiger charge is 2.33. The second-order valence-corrected chi connectivity index (χ2v) is 7.32. The van der Waals surface area contributed by atoms with Crippen LogP contribution in [0.15, 0.2) is 29.2 Å². The van der Waals surface area contributed by atoms with Gasteiger partial charge >= 0.3 is 5.97 Å². The largest absolute Gasteiger partial charge is 0.481 e. The fraction of sp³-hybridized carbons (Fsp3) is 0.500. The Morgan fingerprint density at radius 3 is 2.52 bits per heavy atom. The number of carbonyl (C=O) groups is 2. The molecule has 0 unspecified atom stereocenters. The normalized spacial score (nSPS) is 21.5. The fourth-order valence-electron chi connectivity index (χ4n) is 2.61.